The van der Waals surface area contributed by atoms with Gasteiger partial charge in [-0.2, -0.15) is 0 Å². The minimum Gasteiger partial charge on any atom is -0.478 e. The zero-order chi connectivity index (χ0) is 22.3. The number of aromatic carboxylic acids is 1. The fourth-order valence-electron chi connectivity index (χ4n) is 3.19. The highest BCUT2D eigenvalue weighted by molar-refractivity contribution is 5.87. The predicted molar refractivity (Wildman–Crippen MR) is 116 cm³/mol. The molecule has 0 bridgehead atoms. The van der Waals surface area contributed by atoms with Crippen LogP contribution in [0.5, 0.6) is 0 Å². The van der Waals surface area contributed by atoms with E-state index >= 15 is 0 Å². The molecule has 2 rings (SSSR count). The minimum atomic E-state index is -0.977. The molecular formula is C24H31NO5. The van der Waals surface area contributed by atoms with E-state index in [0.29, 0.717) is 12.8 Å². The number of rotatable bonds is 8. The molecule has 0 aliphatic carbocycles. The molecule has 0 saturated carbocycles. The molecule has 0 aliphatic heterocycles. The Morgan fingerprint density at radius 1 is 1.03 bits per heavy atom. The van der Waals surface area contributed by atoms with Gasteiger partial charge in [0.05, 0.1) is 18.2 Å². The smallest absolute Gasteiger partial charge is 0.410 e. The molecule has 0 fully saturated rings. The van der Waals surface area contributed by atoms with Gasteiger partial charge in [0.2, 0.25) is 0 Å². The van der Waals surface area contributed by atoms with E-state index in [0.717, 1.165) is 11.1 Å². The van der Waals surface area contributed by atoms with E-state index in [-0.39, 0.29) is 18.2 Å². The van der Waals surface area contributed by atoms with E-state index in [1.54, 1.807) is 29.2 Å². The number of ether oxygens (including phenoxy) is 1. The maximum atomic E-state index is 13.0. The van der Waals surface area contributed by atoms with Gasteiger partial charge in [0.15, 0.2) is 0 Å². The second-order valence-electron chi connectivity index (χ2n) is 8.33. The average molecular weight is 414 g/mol. The van der Waals surface area contributed by atoms with Gasteiger partial charge in [-0.15, -0.1) is 0 Å². The van der Waals surface area contributed by atoms with Crippen molar-refractivity contribution >= 4 is 12.1 Å². The van der Waals surface area contributed by atoms with Crippen LogP contribution >= 0.6 is 0 Å². The Hall–Kier alpha value is -2.86. The molecule has 0 aliphatic rings. The van der Waals surface area contributed by atoms with E-state index in [2.05, 4.69) is 0 Å². The van der Waals surface area contributed by atoms with Gasteiger partial charge in [-0.05, 0) is 56.9 Å². The van der Waals surface area contributed by atoms with Crippen LogP contribution in [0, 0.1) is 0 Å². The maximum absolute atomic E-state index is 13.0. The van der Waals surface area contributed by atoms with E-state index in [4.69, 9.17) is 9.84 Å². The highest BCUT2D eigenvalue weighted by atomic mass is 16.6. The maximum Gasteiger partial charge on any atom is 0.410 e. The average Bonchev–Trinajstić information content (AvgIpc) is 2.70. The Morgan fingerprint density at radius 2 is 1.63 bits per heavy atom. The number of hydrogen-bond donors (Lipinski definition) is 2. The molecule has 1 amide bonds. The molecule has 2 N–H and O–H groups in total. The molecule has 2 atom stereocenters. The highest BCUT2D eigenvalue weighted by Gasteiger charge is 2.29. The minimum absolute atomic E-state index is 0.102. The summed E-state index contributed by atoms with van der Waals surface area (Å²) in [4.78, 5) is 25.6. The van der Waals surface area contributed by atoms with E-state index in [9.17, 15) is 14.7 Å². The zero-order valence-corrected chi connectivity index (χ0v) is 18.0. The van der Waals surface area contributed by atoms with Crippen molar-refractivity contribution in [3.05, 3.63) is 71.3 Å². The van der Waals surface area contributed by atoms with Gasteiger partial charge in [0, 0.05) is 6.04 Å². The lowest BCUT2D eigenvalue weighted by molar-refractivity contribution is 0.00304. The van der Waals surface area contributed by atoms with Crippen LogP contribution in [0.25, 0.3) is 0 Å². The first-order valence-corrected chi connectivity index (χ1v) is 10.2. The summed E-state index contributed by atoms with van der Waals surface area (Å²) >= 11 is 0. The number of carboxylic acid groups (broad SMARTS) is 1. The molecule has 0 saturated heterocycles. The monoisotopic (exact) mass is 413 g/mol. The fourth-order valence-corrected chi connectivity index (χ4v) is 3.19. The van der Waals surface area contributed by atoms with Crippen molar-refractivity contribution in [1.82, 2.24) is 4.90 Å². The third-order valence-electron chi connectivity index (χ3n) is 4.77. The molecule has 0 spiro atoms. The first-order valence-electron chi connectivity index (χ1n) is 10.2. The van der Waals surface area contributed by atoms with Crippen LogP contribution in [0.1, 0.15) is 61.7 Å². The van der Waals surface area contributed by atoms with Crippen molar-refractivity contribution in [3.63, 3.8) is 0 Å². The van der Waals surface area contributed by atoms with Gasteiger partial charge in [-0.25, -0.2) is 9.59 Å². The van der Waals surface area contributed by atoms with Gasteiger partial charge in [-0.1, -0.05) is 49.4 Å². The number of benzene rings is 2. The largest absolute Gasteiger partial charge is 0.478 e. The van der Waals surface area contributed by atoms with Gasteiger partial charge >= 0.3 is 12.1 Å². The molecule has 1 unspecified atom stereocenters. The molecule has 2 aromatic rings. The Bertz CT molecular complexity index is 827. The molecule has 0 radical (unpaired) electrons. The molecule has 30 heavy (non-hydrogen) atoms. The summed E-state index contributed by atoms with van der Waals surface area (Å²) in [6, 6.07) is 15.6. The van der Waals surface area contributed by atoms with E-state index in [1.165, 1.54) is 0 Å². The lowest BCUT2D eigenvalue weighted by Crippen LogP contribution is -2.46. The predicted octanol–water partition coefficient (Wildman–Crippen LogP) is 4.68. The molecular weight excluding hydrogens is 382 g/mol. The lowest BCUT2D eigenvalue weighted by Gasteiger charge is -2.34. The zero-order valence-electron chi connectivity index (χ0n) is 18.0. The summed E-state index contributed by atoms with van der Waals surface area (Å²) in [5.74, 6) is -0.977. The normalized spacial score (nSPS) is 13.4. The van der Waals surface area contributed by atoms with Crippen LogP contribution in [0.15, 0.2) is 54.6 Å². The van der Waals surface area contributed by atoms with Crippen molar-refractivity contribution < 1.29 is 24.5 Å². The standard InChI is InChI=1S/C24H31NO5/c1-5-20(15-17-11-13-19(14-12-17)22(27)28)25(23(29)30-24(2,3)4)16-21(26)18-9-7-6-8-10-18/h6-14,20-21,26H,5,15-16H2,1-4H3,(H,27,28)/t20-,21?/m0/s1. The summed E-state index contributed by atoms with van der Waals surface area (Å²) in [6.45, 7) is 7.50. The van der Waals surface area contributed by atoms with E-state index < -0.39 is 23.8 Å². The molecule has 162 valence electrons. The first kappa shape index (κ1) is 23.4. The number of carbonyl (C=O) groups is 2. The number of aliphatic hydroxyl groups excluding tert-OH is 1. The van der Waals surface area contributed by atoms with Crippen molar-refractivity contribution in [2.45, 2.75) is 58.3 Å². The number of nitrogens with zero attached hydrogens (tertiary/aromatic N) is 1. The molecule has 6 nitrogen and oxygen atoms in total. The number of aliphatic hydroxyl groups is 1. The van der Waals surface area contributed by atoms with Crippen LogP contribution in [0.2, 0.25) is 0 Å². The summed E-state index contributed by atoms with van der Waals surface area (Å²) < 4.78 is 5.61. The topological polar surface area (TPSA) is 87.1 Å². The first-order chi connectivity index (χ1) is 14.1. The second-order valence-corrected chi connectivity index (χ2v) is 8.33. The molecule has 2 aromatic carbocycles. The number of hydrogen-bond acceptors (Lipinski definition) is 4. The third kappa shape index (κ3) is 6.88. The molecule has 0 heterocycles. The summed E-state index contributed by atoms with van der Waals surface area (Å²) in [7, 11) is 0. The van der Waals surface area contributed by atoms with Crippen molar-refractivity contribution in [3.8, 4) is 0 Å². The quantitative estimate of drug-likeness (QED) is 0.656. The second kappa shape index (κ2) is 10.3. The SMILES string of the molecule is CC[C@@H](Cc1ccc(C(=O)O)cc1)N(CC(O)c1ccccc1)C(=O)OC(C)(C)C. The Labute approximate surface area is 178 Å². The Morgan fingerprint density at radius 3 is 2.13 bits per heavy atom. The lowest BCUT2D eigenvalue weighted by atomic mass is 10.00. The van der Waals surface area contributed by atoms with Crippen molar-refractivity contribution in [2.75, 3.05) is 6.54 Å². The summed E-state index contributed by atoms with van der Waals surface area (Å²) in [5, 5.41) is 19.8. The van der Waals surface area contributed by atoms with Crippen LogP contribution < -0.4 is 0 Å². The van der Waals surface area contributed by atoms with Crippen LogP contribution in [0.4, 0.5) is 4.79 Å². The van der Waals surface area contributed by atoms with E-state index in [1.807, 2.05) is 58.0 Å². The molecule has 6 heteroatoms. The van der Waals surface area contributed by atoms with Crippen LogP contribution in [-0.4, -0.2) is 45.4 Å². The summed E-state index contributed by atoms with van der Waals surface area (Å²) in [5.41, 5.74) is 1.20. The van der Waals surface area contributed by atoms with Gasteiger partial charge in [0.25, 0.3) is 0 Å². The van der Waals surface area contributed by atoms with Gasteiger partial charge in [0.1, 0.15) is 5.60 Å². The van der Waals surface area contributed by atoms with Crippen molar-refractivity contribution in [1.29, 1.82) is 0 Å². The van der Waals surface area contributed by atoms with Crippen molar-refractivity contribution in [2.24, 2.45) is 0 Å². The Balaban J connectivity index is 2.25. The van der Waals surface area contributed by atoms with Crippen LogP contribution in [0.3, 0.4) is 0 Å². The number of carboxylic acids is 1. The summed E-state index contributed by atoms with van der Waals surface area (Å²) in [6.07, 6.45) is -0.146. The van der Waals surface area contributed by atoms with Crippen LogP contribution in [-0.2, 0) is 11.2 Å². The Kier molecular flexibility index (Phi) is 8.00. The van der Waals surface area contributed by atoms with Gasteiger partial charge < -0.3 is 19.8 Å². The fraction of sp³-hybridized carbons (Fsp3) is 0.417. The van der Waals surface area contributed by atoms with Gasteiger partial charge in [-0.3, -0.25) is 0 Å². The number of carbonyl (C=O) groups excluding carboxylic acids is 1. The number of amides is 1. The molecule has 0 aromatic heterocycles. The highest BCUT2D eigenvalue weighted by Crippen LogP contribution is 2.22. The third-order valence-corrected chi connectivity index (χ3v) is 4.77.